The van der Waals surface area contributed by atoms with Gasteiger partial charge >= 0.3 is 5.69 Å². The molecule has 2 rings (SSSR count). The van der Waals surface area contributed by atoms with E-state index < -0.39 is 4.92 Å². The maximum atomic E-state index is 11.0. The Balaban J connectivity index is 2.13. The van der Waals surface area contributed by atoms with Crippen LogP contribution in [0.4, 0.5) is 11.5 Å². The van der Waals surface area contributed by atoms with Crippen molar-refractivity contribution >= 4 is 23.1 Å². The molecule has 0 radical (unpaired) electrons. The zero-order valence-electron chi connectivity index (χ0n) is 11.0. The minimum Gasteiger partial charge on any atom is -0.361 e. The molecule has 0 saturated carbocycles. The molecule has 1 aromatic heterocycles. The molecule has 1 saturated heterocycles. The van der Waals surface area contributed by atoms with Crippen molar-refractivity contribution in [3.63, 3.8) is 0 Å². The predicted octanol–water partition coefficient (Wildman–Crippen LogP) is 2.54. The summed E-state index contributed by atoms with van der Waals surface area (Å²) in [5.41, 5.74) is -0.0703. The van der Waals surface area contributed by atoms with E-state index in [1.54, 1.807) is 0 Å². The van der Waals surface area contributed by atoms with Gasteiger partial charge in [-0.25, -0.2) is 4.98 Å². The number of aromatic nitrogens is 1. The van der Waals surface area contributed by atoms with Crippen LogP contribution >= 0.6 is 11.6 Å². The summed E-state index contributed by atoms with van der Waals surface area (Å²) >= 11 is 5.74. The average Bonchev–Trinajstić information content (AvgIpc) is 2.36. The first-order valence-corrected chi connectivity index (χ1v) is 6.62. The highest BCUT2D eigenvalue weighted by atomic mass is 35.5. The van der Waals surface area contributed by atoms with Crippen LogP contribution in [-0.4, -0.2) is 40.5 Å². The molecule has 0 aromatic carbocycles. The van der Waals surface area contributed by atoms with Crippen LogP contribution in [0.3, 0.4) is 0 Å². The quantitative estimate of drug-likeness (QED) is 0.682. The molecular formula is C12H17ClN4O2. The minimum absolute atomic E-state index is 0.0703. The summed E-state index contributed by atoms with van der Waals surface area (Å²) in [5.74, 6) is 0.302. The topological polar surface area (TPSA) is 71.3 Å². The Morgan fingerprint density at radius 3 is 3.00 bits per heavy atom. The second-order valence-corrected chi connectivity index (χ2v) is 5.41. The first kappa shape index (κ1) is 14.0. The molecule has 0 aliphatic carbocycles. The van der Waals surface area contributed by atoms with E-state index in [9.17, 15) is 10.1 Å². The van der Waals surface area contributed by atoms with E-state index in [1.165, 1.54) is 12.3 Å². The van der Waals surface area contributed by atoms with Gasteiger partial charge in [-0.2, -0.15) is 0 Å². The van der Waals surface area contributed by atoms with Crippen molar-refractivity contribution in [2.24, 2.45) is 0 Å². The highest BCUT2D eigenvalue weighted by Crippen LogP contribution is 2.27. The molecule has 2 unspecified atom stereocenters. The Bertz CT molecular complexity index is 483. The lowest BCUT2D eigenvalue weighted by Gasteiger charge is -2.35. The molecule has 0 spiro atoms. The third kappa shape index (κ3) is 3.33. The summed E-state index contributed by atoms with van der Waals surface area (Å²) in [6.45, 7) is 3.12. The maximum Gasteiger partial charge on any atom is 0.312 e. The Hall–Kier alpha value is -1.40. The zero-order chi connectivity index (χ0) is 14.0. The summed E-state index contributed by atoms with van der Waals surface area (Å²) in [6.07, 6.45) is 3.32. The van der Waals surface area contributed by atoms with Crippen LogP contribution in [0, 0.1) is 10.1 Å². The largest absolute Gasteiger partial charge is 0.361 e. The van der Waals surface area contributed by atoms with Gasteiger partial charge in [0.15, 0.2) is 0 Å². The standard InChI is InChI=1S/C12H17ClN4O2/c1-8-5-10(3-4-16(8)2)15-12-11(17(18)19)6-9(13)7-14-12/h6-8,10H,3-5H2,1-2H3,(H,14,15). The smallest absolute Gasteiger partial charge is 0.312 e. The van der Waals surface area contributed by atoms with E-state index in [1.807, 2.05) is 0 Å². The third-order valence-electron chi connectivity index (χ3n) is 3.58. The van der Waals surface area contributed by atoms with Crippen LogP contribution < -0.4 is 5.32 Å². The molecule has 1 fully saturated rings. The number of rotatable bonds is 3. The number of nitrogens with one attached hydrogen (secondary N) is 1. The lowest BCUT2D eigenvalue weighted by molar-refractivity contribution is -0.384. The number of nitrogens with zero attached hydrogens (tertiary/aromatic N) is 3. The van der Waals surface area contributed by atoms with Crippen molar-refractivity contribution in [3.8, 4) is 0 Å². The molecule has 2 atom stereocenters. The van der Waals surface area contributed by atoms with Gasteiger partial charge in [-0.05, 0) is 26.8 Å². The molecule has 7 heteroatoms. The highest BCUT2D eigenvalue weighted by Gasteiger charge is 2.25. The molecular weight excluding hydrogens is 268 g/mol. The molecule has 6 nitrogen and oxygen atoms in total. The van der Waals surface area contributed by atoms with Crippen molar-refractivity contribution in [1.29, 1.82) is 0 Å². The second-order valence-electron chi connectivity index (χ2n) is 4.97. The lowest BCUT2D eigenvalue weighted by Crippen LogP contribution is -2.42. The molecule has 19 heavy (non-hydrogen) atoms. The Morgan fingerprint density at radius 2 is 2.37 bits per heavy atom. The summed E-state index contributed by atoms with van der Waals surface area (Å²) < 4.78 is 0. The number of anilines is 1. The predicted molar refractivity (Wildman–Crippen MR) is 74.6 cm³/mol. The van der Waals surface area contributed by atoms with E-state index in [0.717, 1.165) is 19.4 Å². The van der Waals surface area contributed by atoms with Crippen molar-refractivity contribution < 1.29 is 4.92 Å². The number of halogens is 1. The normalized spacial score (nSPS) is 24.2. The zero-order valence-corrected chi connectivity index (χ0v) is 11.7. The summed E-state index contributed by atoms with van der Waals surface area (Å²) in [4.78, 5) is 16.9. The fourth-order valence-electron chi connectivity index (χ4n) is 2.29. The van der Waals surface area contributed by atoms with Crippen LogP contribution in [-0.2, 0) is 0 Å². The summed E-state index contributed by atoms with van der Waals surface area (Å²) in [5, 5.41) is 14.4. The van der Waals surface area contributed by atoms with E-state index in [2.05, 4.69) is 29.2 Å². The highest BCUT2D eigenvalue weighted by molar-refractivity contribution is 6.30. The van der Waals surface area contributed by atoms with Crippen molar-refractivity contribution in [3.05, 3.63) is 27.4 Å². The molecule has 1 aliphatic rings. The Kier molecular flexibility index (Phi) is 4.21. The van der Waals surface area contributed by atoms with Gasteiger partial charge in [0.05, 0.1) is 9.95 Å². The second kappa shape index (κ2) is 5.71. The van der Waals surface area contributed by atoms with Gasteiger partial charge in [-0.15, -0.1) is 0 Å². The molecule has 1 aromatic rings. The Morgan fingerprint density at radius 1 is 1.63 bits per heavy atom. The van der Waals surface area contributed by atoms with Gasteiger partial charge in [0, 0.05) is 30.9 Å². The van der Waals surface area contributed by atoms with Gasteiger partial charge in [0.25, 0.3) is 0 Å². The number of hydrogen-bond acceptors (Lipinski definition) is 5. The number of likely N-dealkylation sites (tertiary alicyclic amines) is 1. The fraction of sp³-hybridized carbons (Fsp3) is 0.583. The number of nitro groups is 1. The maximum absolute atomic E-state index is 11.0. The van der Waals surface area contributed by atoms with Crippen LogP contribution in [0.2, 0.25) is 5.02 Å². The average molecular weight is 285 g/mol. The van der Waals surface area contributed by atoms with Gasteiger partial charge in [-0.3, -0.25) is 10.1 Å². The number of pyridine rings is 1. The SMILES string of the molecule is CC1CC(Nc2ncc(Cl)cc2[N+](=O)[O-])CCN1C. The van der Waals surface area contributed by atoms with Crippen molar-refractivity contribution in [1.82, 2.24) is 9.88 Å². The first-order chi connectivity index (χ1) is 8.97. The molecule has 0 amide bonds. The number of piperidine rings is 1. The lowest BCUT2D eigenvalue weighted by atomic mass is 9.99. The van der Waals surface area contributed by atoms with Crippen molar-refractivity contribution in [2.45, 2.75) is 31.8 Å². The molecule has 1 aliphatic heterocycles. The summed E-state index contributed by atoms with van der Waals surface area (Å²) in [6, 6.07) is 1.99. The van der Waals surface area contributed by atoms with Crippen LogP contribution in [0.5, 0.6) is 0 Å². The van der Waals surface area contributed by atoms with E-state index in [-0.39, 0.29) is 16.8 Å². The van der Waals surface area contributed by atoms with Gasteiger partial charge in [0.1, 0.15) is 0 Å². The van der Waals surface area contributed by atoms with E-state index >= 15 is 0 Å². The van der Waals surface area contributed by atoms with Crippen LogP contribution in [0.1, 0.15) is 19.8 Å². The van der Waals surface area contributed by atoms with E-state index in [4.69, 9.17) is 11.6 Å². The van der Waals surface area contributed by atoms with Crippen LogP contribution in [0.25, 0.3) is 0 Å². The van der Waals surface area contributed by atoms with Gasteiger partial charge in [-0.1, -0.05) is 11.6 Å². The molecule has 1 N–H and O–H groups in total. The third-order valence-corrected chi connectivity index (χ3v) is 3.79. The first-order valence-electron chi connectivity index (χ1n) is 6.24. The van der Waals surface area contributed by atoms with E-state index in [0.29, 0.717) is 11.9 Å². The van der Waals surface area contributed by atoms with Crippen molar-refractivity contribution in [2.75, 3.05) is 18.9 Å². The molecule has 104 valence electrons. The van der Waals surface area contributed by atoms with Gasteiger partial charge in [0.2, 0.25) is 5.82 Å². The van der Waals surface area contributed by atoms with Crippen LogP contribution in [0.15, 0.2) is 12.3 Å². The monoisotopic (exact) mass is 284 g/mol. The minimum atomic E-state index is -0.459. The summed E-state index contributed by atoms with van der Waals surface area (Å²) in [7, 11) is 2.09. The molecule has 0 bridgehead atoms. The van der Waals surface area contributed by atoms with Gasteiger partial charge < -0.3 is 10.2 Å². The fourth-order valence-corrected chi connectivity index (χ4v) is 2.44. The molecule has 2 heterocycles. The number of hydrogen-bond donors (Lipinski definition) is 1. The Labute approximate surface area is 116 Å².